The van der Waals surface area contributed by atoms with Crippen LogP contribution in [0.4, 0.5) is 11.4 Å². The smallest absolute Gasteiger partial charge is 0.224 e. The van der Waals surface area contributed by atoms with E-state index in [4.69, 9.17) is 0 Å². The van der Waals surface area contributed by atoms with Crippen molar-refractivity contribution in [2.24, 2.45) is 11.8 Å². The molecule has 0 radical (unpaired) electrons. The summed E-state index contributed by atoms with van der Waals surface area (Å²) in [6.07, 6.45) is 9.51. The molecule has 2 aromatic heterocycles. The van der Waals surface area contributed by atoms with Gasteiger partial charge in [0.15, 0.2) is 0 Å². The standard InChI is InChI=1S/C11H15N3O.C11H17N3/c1-12-11(15)9-4-7-14(8-9)10-2-5-13-6-3-10;1-12-8-10-4-7-14(9-10)11-2-5-13-6-3-11/h2-3,5-6,9H,4,7-8H2,1H3,(H,12,15);2-3,5-6,10,12H,4,7-9H2,1H3. The Bertz CT molecular complexity index is 741. The van der Waals surface area contributed by atoms with E-state index < -0.39 is 0 Å². The van der Waals surface area contributed by atoms with Gasteiger partial charge in [0.1, 0.15) is 0 Å². The number of hydrogen-bond acceptors (Lipinski definition) is 6. The van der Waals surface area contributed by atoms with Gasteiger partial charge in [0.05, 0.1) is 5.92 Å². The fourth-order valence-electron chi connectivity index (χ4n) is 4.05. The Kier molecular flexibility index (Phi) is 7.81. The lowest BCUT2D eigenvalue weighted by molar-refractivity contribution is -0.123. The normalized spacial score (nSPS) is 20.9. The second kappa shape index (κ2) is 10.8. The maximum atomic E-state index is 11.4. The first-order valence-electron chi connectivity index (χ1n) is 10.4. The predicted octanol–water partition coefficient (Wildman–Crippen LogP) is 1.78. The molecule has 2 atom stereocenters. The molecule has 0 aromatic carbocycles. The summed E-state index contributed by atoms with van der Waals surface area (Å²) in [5, 5.41) is 5.94. The van der Waals surface area contributed by atoms with Crippen molar-refractivity contribution in [1.29, 1.82) is 0 Å². The Labute approximate surface area is 173 Å². The highest BCUT2D eigenvalue weighted by atomic mass is 16.1. The lowest BCUT2D eigenvalue weighted by Gasteiger charge is -2.18. The number of nitrogens with one attached hydrogen (secondary N) is 2. The van der Waals surface area contributed by atoms with E-state index in [1.165, 1.54) is 25.2 Å². The topological polar surface area (TPSA) is 73.4 Å². The van der Waals surface area contributed by atoms with Crippen LogP contribution in [0.3, 0.4) is 0 Å². The van der Waals surface area contributed by atoms with Gasteiger partial charge in [-0.2, -0.15) is 0 Å². The van der Waals surface area contributed by atoms with E-state index in [1.807, 2.05) is 31.6 Å². The maximum Gasteiger partial charge on any atom is 0.224 e. The molecule has 0 aliphatic carbocycles. The Hall–Kier alpha value is -2.67. The van der Waals surface area contributed by atoms with Crippen LogP contribution in [0.5, 0.6) is 0 Å². The molecule has 1 amide bonds. The van der Waals surface area contributed by atoms with E-state index in [2.05, 4.69) is 42.5 Å². The highest BCUT2D eigenvalue weighted by molar-refractivity contribution is 5.79. The fraction of sp³-hybridized carbons (Fsp3) is 0.500. The summed E-state index contributed by atoms with van der Waals surface area (Å²) in [7, 11) is 3.71. The maximum absolute atomic E-state index is 11.4. The van der Waals surface area contributed by atoms with Crippen molar-refractivity contribution in [3.05, 3.63) is 49.1 Å². The van der Waals surface area contributed by atoms with E-state index in [-0.39, 0.29) is 11.8 Å². The number of carbonyl (C=O) groups excluding carboxylic acids is 1. The van der Waals surface area contributed by atoms with Crippen molar-refractivity contribution in [3.63, 3.8) is 0 Å². The van der Waals surface area contributed by atoms with Gasteiger partial charge in [-0.1, -0.05) is 0 Å². The van der Waals surface area contributed by atoms with Crippen LogP contribution in [0.2, 0.25) is 0 Å². The van der Waals surface area contributed by atoms with E-state index >= 15 is 0 Å². The molecule has 2 aromatic rings. The van der Waals surface area contributed by atoms with E-state index in [1.54, 1.807) is 19.4 Å². The number of pyridine rings is 2. The minimum Gasteiger partial charge on any atom is -0.371 e. The molecule has 2 fully saturated rings. The summed E-state index contributed by atoms with van der Waals surface area (Å²) in [6, 6.07) is 8.13. The van der Waals surface area contributed by atoms with Crippen LogP contribution in [-0.4, -0.2) is 62.7 Å². The van der Waals surface area contributed by atoms with Crippen molar-refractivity contribution in [2.75, 3.05) is 56.6 Å². The molecule has 7 nitrogen and oxygen atoms in total. The van der Waals surface area contributed by atoms with Gasteiger partial charge >= 0.3 is 0 Å². The highest BCUT2D eigenvalue weighted by Crippen LogP contribution is 2.23. The van der Waals surface area contributed by atoms with Crippen molar-refractivity contribution in [2.45, 2.75) is 12.8 Å². The van der Waals surface area contributed by atoms with E-state index in [0.29, 0.717) is 0 Å². The zero-order chi connectivity index (χ0) is 20.5. The molecule has 2 N–H and O–H groups in total. The van der Waals surface area contributed by atoms with Gasteiger partial charge in [0, 0.05) is 69.4 Å². The zero-order valence-electron chi connectivity index (χ0n) is 17.4. The average Bonchev–Trinajstić information content (AvgIpc) is 3.45. The Morgan fingerprint density at radius 2 is 1.48 bits per heavy atom. The van der Waals surface area contributed by atoms with Crippen LogP contribution >= 0.6 is 0 Å². The van der Waals surface area contributed by atoms with Gasteiger partial charge in [0.25, 0.3) is 0 Å². The summed E-state index contributed by atoms with van der Waals surface area (Å²) in [5.41, 5.74) is 2.45. The first kappa shape index (κ1) is 21.0. The molecule has 2 aliphatic rings. The summed E-state index contributed by atoms with van der Waals surface area (Å²) < 4.78 is 0. The zero-order valence-corrected chi connectivity index (χ0v) is 17.4. The molecule has 2 unspecified atom stereocenters. The molecule has 0 saturated carbocycles. The summed E-state index contributed by atoms with van der Waals surface area (Å²) in [6.45, 7) is 5.23. The van der Waals surface area contributed by atoms with Crippen LogP contribution < -0.4 is 20.4 Å². The molecule has 4 rings (SSSR count). The van der Waals surface area contributed by atoms with E-state index in [0.717, 1.165) is 37.7 Å². The first-order chi connectivity index (χ1) is 14.2. The van der Waals surface area contributed by atoms with E-state index in [9.17, 15) is 4.79 Å². The SMILES string of the molecule is CNC(=O)C1CCN(c2ccncc2)C1.CNCC1CCN(c2ccncc2)C1. The third kappa shape index (κ3) is 5.90. The fourth-order valence-corrected chi connectivity index (χ4v) is 4.05. The van der Waals surface area contributed by atoms with Gasteiger partial charge < -0.3 is 20.4 Å². The third-order valence-electron chi connectivity index (χ3n) is 5.64. The van der Waals surface area contributed by atoms with Crippen LogP contribution in [0.25, 0.3) is 0 Å². The number of nitrogens with zero attached hydrogens (tertiary/aromatic N) is 4. The summed E-state index contributed by atoms with van der Waals surface area (Å²) in [4.78, 5) is 24.1. The molecular formula is C22H32N6O. The first-order valence-corrected chi connectivity index (χ1v) is 10.4. The Morgan fingerprint density at radius 1 is 0.931 bits per heavy atom. The van der Waals surface area contributed by atoms with Crippen molar-refractivity contribution >= 4 is 17.3 Å². The van der Waals surface area contributed by atoms with Gasteiger partial charge in [0.2, 0.25) is 5.91 Å². The number of aromatic nitrogens is 2. The lowest BCUT2D eigenvalue weighted by Crippen LogP contribution is -2.30. The molecule has 4 heterocycles. The Morgan fingerprint density at radius 3 is 2.03 bits per heavy atom. The number of rotatable bonds is 5. The third-order valence-corrected chi connectivity index (χ3v) is 5.64. The molecule has 2 aliphatic heterocycles. The number of anilines is 2. The van der Waals surface area contributed by atoms with Crippen LogP contribution in [0.1, 0.15) is 12.8 Å². The van der Waals surface area contributed by atoms with Gasteiger partial charge in [-0.15, -0.1) is 0 Å². The van der Waals surface area contributed by atoms with Gasteiger partial charge in [-0.25, -0.2) is 0 Å². The van der Waals surface area contributed by atoms with Crippen molar-refractivity contribution in [3.8, 4) is 0 Å². The molecule has 0 bridgehead atoms. The molecule has 0 spiro atoms. The van der Waals surface area contributed by atoms with Crippen molar-refractivity contribution < 1.29 is 4.79 Å². The highest BCUT2D eigenvalue weighted by Gasteiger charge is 2.27. The quantitative estimate of drug-likeness (QED) is 0.803. The molecule has 29 heavy (non-hydrogen) atoms. The minimum atomic E-state index is 0.128. The monoisotopic (exact) mass is 396 g/mol. The van der Waals surface area contributed by atoms with Crippen LogP contribution in [0.15, 0.2) is 49.1 Å². The lowest BCUT2D eigenvalue weighted by atomic mass is 10.1. The number of amides is 1. The predicted molar refractivity (Wildman–Crippen MR) is 117 cm³/mol. The second-order valence-corrected chi connectivity index (χ2v) is 7.62. The average molecular weight is 397 g/mol. The molecule has 7 heteroatoms. The van der Waals surface area contributed by atoms with Crippen LogP contribution in [-0.2, 0) is 4.79 Å². The largest absolute Gasteiger partial charge is 0.371 e. The van der Waals surface area contributed by atoms with Crippen molar-refractivity contribution in [1.82, 2.24) is 20.6 Å². The summed E-state index contributed by atoms with van der Waals surface area (Å²) in [5.74, 6) is 1.07. The van der Waals surface area contributed by atoms with Gasteiger partial charge in [-0.05, 0) is 56.6 Å². The molecular weight excluding hydrogens is 364 g/mol. The molecule has 156 valence electrons. The molecule has 2 saturated heterocycles. The van der Waals surface area contributed by atoms with Crippen LogP contribution in [0, 0.1) is 11.8 Å². The Balaban J connectivity index is 0.000000166. The minimum absolute atomic E-state index is 0.128. The second-order valence-electron chi connectivity index (χ2n) is 7.62. The number of carbonyl (C=O) groups is 1. The van der Waals surface area contributed by atoms with Gasteiger partial charge in [-0.3, -0.25) is 14.8 Å². The number of hydrogen-bond donors (Lipinski definition) is 2. The summed E-state index contributed by atoms with van der Waals surface area (Å²) >= 11 is 0.